The molecule has 0 saturated carbocycles. The number of aryl methyl sites for hydroxylation is 2. The molecule has 0 saturated heterocycles. The maximum Gasteiger partial charge on any atom is 0.122 e. The van der Waals surface area contributed by atoms with E-state index >= 15 is 0 Å². The number of unbranched alkanes of at least 4 members (excludes halogenated alkanes) is 1. The number of hydrogen-bond donors (Lipinski definition) is 2. The van der Waals surface area contributed by atoms with Crippen LogP contribution in [-0.4, -0.2) is 21.2 Å². The molecule has 0 aliphatic heterocycles. The van der Waals surface area contributed by atoms with E-state index in [0.29, 0.717) is 5.75 Å². The molecule has 0 bridgehead atoms. The lowest BCUT2D eigenvalue weighted by Gasteiger charge is -2.08. The summed E-state index contributed by atoms with van der Waals surface area (Å²) in [6, 6.07) is 5.86. The van der Waals surface area contributed by atoms with Gasteiger partial charge in [-0.2, -0.15) is 0 Å². The molecule has 0 aliphatic carbocycles. The number of benzene rings is 1. The van der Waals surface area contributed by atoms with Gasteiger partial charge in [-0.05, 0) is 31.9 Å². The van der Waals surface area contributed by atoms with Gasteiger partial charge in [-0.15, -0.1) is 0 Å². The zero-order valence-electron chi connectivity index (χ0n) is 11.3. The van der Waals surface area contributed by atoms with Gasteiger partial charge in [0.1, 0.15) is 5.75 Å². The van der Waals surface area contributed by atoms with Crippen molar-refractivity contribution in [2.75, 3.05) is 6.54 Å². The number of hydrogen-bond acceptors (Lipinski definition) is 3. The molecule has 0 aliphatic rings. The molecule has 2 aromatic rings. The summed E-state index contributed by atoms with van der Waals surface area (Å²) in [5.74, 6) is 0.411. The summed E-state index contributed by atoms with van der Waals surface area (Å²) in [6.07, 6.45) is 7.88. The number of phenolic OH excluding ortho intramolecular Hbond substituents is 1. The first kappa shape index (κ1) is 13.6. The molecule has 19 heavy (non-hydrogen) atoms. The van der Waals surface area contributed by atoms with Crippen LogP contribution in [0.3, 0.4) is 0 Å². The van der Waals surface area contributed by atoms with Crippen molar-refractivity contribution in [2.24, 2.45) is 0 Å². The van der Waals surface area contributed by atoms with Crippen LogP contribution in [0.4, 0.5) is 0 Å². The third-order valence-corrected chi connectivity index (χ3v) is 3.22. The van der Waals surface area contributed by atoms with E-state index in [0.717, 1.165) is 43.6 Å². The molecule has 0 unspecified atom stereocenters. The van der Waals surface area contributed by atoms with E-state index in [9.17, 15) is 5.11 Å². The van der Waals surface area contributed by atoms with E-state index < -0.39 is 0 Å². The van der Waals surface area contributed by atoms with Crippen LogP contribution in [0.25, 0.3) is 0 Å². The van der Waals surface area contributed by atoms with Crippen molar-refractivity contribution in [2.45, 2.75) is 32.9 Å². The minimum absolute atomic E-state index is 0.411. The number of aromatic hydroxyl groups is 1. The SMILES string of the molecule is Cc1cccc(CNCCCCn2ccnc2)c1O. The molecule has 102 valence electrons. The molecule has 1 aromatic carbocycles. The Morgan fingerprint density at radius 1 is 1.32 bits per heavy atom. The number of nitrogens with one attached hydrogen (secondary N) is 1. The van der Waals surface area contributed by atoms with Gasteiger partial charge in [0.2, 0.25) is 0 Å². The first-order chi connectivity index (χ1) is 9.27. The average Bonchev–Trinajstić information content (AvgIpc) is 2.91. The summed E-state index contributed by atoms with van der Waals surface area (Å²) >= 11 is 0. The van der Waals surface area contributed by atoms with Crippen LogP contribution in [-0.2, 0) is 13.1 Å². The van der Waals surface area contributed by atoms with Crippen LogP contribution in [0.15, 0.2) is 36.9 Å². The maximum atomic E-state index is 9.87. The highest BCUT2D eigenvalue weighted by atomic mass is 16.3. The molecule has 0 amide bonds. The van der Waals surface area contributed by atoms with Gasteiger partial charge < -0.3 is 15.0 Å². The predicted octanol–water partition coefficient (Wildman–Crippen LogP) is 2.47. The highest BCUT2D eigenvalue weighted by Gasteiger charge is 2.02. The number of aromatic nitrogens is 2. The fraction of sp³-hybridized carbons (Fsp3) is 0.400. The standard InChI is InChI=1S/C15H21N3O/c1-13-5-4-6-14(15(13)19)11-16-7-2-3-9-18-10-8-17-12-18/h4-6,8,10,12,16,19H,2-3,7,9,11H2,1H3. The number of nitrogens with zero attached hydrogens (tertiary/aromatic N) is 2. The summed E-state index contributed by atoms with van der Waals surface area (Å²) in [6.45, 7) is 4.61. The zero-order chi connectivity index (χ0) is 13.5. The molecule has 1 heterocycles. The first-order valence-electron chi connectivity index (χ1n) is 6.71. The van der Waals surface area contributed by atoms with Crippen LogP contribution in [0.2, 0.25) is 0 Å². The Bertz CT molecular complexity index is 494. The summed E-state index contributed by atoms with van der Waals surface area (Å²) in [4.78, 5) is 4.01. The second-order valence-electron chi connectivity index (χ2n) is 4.77. The largest absolute Gasteiger partial charge is 0.507 e. The van der Waals surface area contributed by atoms with Gasteiger partial charge in [0, 0.05) is 31.0 Å². The molecule has 4 heteroatoms. The molecule has 1 aromatic heterocycles. The van der Waals surface area contributed by atoms with Crippen molar-refractivity contribution in [3.8, 4) is 5.75 Å². The molecule has 0 fully saturated rings. The lowest BCUT2D eigenvalue weighted by atomic mass is 10.1. The summed E-state index contributed by atoms with van der Waals surface area (Å²) in [5.41, 5.74) is 1.90. The highest BCUT2D eigenvalue weighted by Crippen LogP contribution is 2.20. The molecule has 2 N–H and O–H groups in total. The summed E-state index contributed by atoms with van der Waals surface area (Å²) in [5, 5.41) is 13.2. The van der Waals surface area contributed by atoms with E-state index in [2.05, 4.69) is 14.9 Å². The number of rotatable bonds is 7. The van der Waals surface area contributed by atoms with Crippen LogP contribution in [0, 0.1) is 6.92 Å². The van der Waals surface area contributed by atoms with Crippen LogP contribution >= 0.6 is 0 Å². The smallest absolute Gasteiger partial charge is 0.122 e. The first-order valence-corrected chi connectivity index (χ1v) is 6.71. The Hall–Kier alpha value is -1.81. The van der Waals surface area contributed by atoms with E-state index in [1.165, 1.54) is 0 Å². The van der Waals surface area contributed by atoms with Crippen LogP contribution in [0.5, 0.6) is 5.75 Å². The average molecular weight is 259 g/mol. The van der Waals surface area contributed by atoms with Crippen molar-refractivity contribution in [3.63, 3.8) is 0 Å². The normalized spacial score (nSPS) is 10.8. The van der Waals surface area contributed by atoms with E-state index in [-0.39, 0.29) is 0 Å². The maximum absolute atomic E-state index is 9.87. The Labute approximate surface area is 114 Å². The highest BCUT2D eigenvalue weighted by molar-refractivity contribution is 5.39. The third kappa shape index (κ3) is 4.10. The molecule has 0 radical (unpaired) electrons. The Morgan fingerprint density at radius 3 is 3.00 bits per heavy atom. The van der Waals surface area contributed by atoms with Gasteiger partial charge in [0.15, 0.2) is 0 Å². The summed E-state index contributed by atoms with van der Waals surface area (Å²) in [7, 11) is 0. The molecule has 0 spiro atoms. The molecule has 2 rings (SSSR count). The summed E-state index contributed by atoms with van der Waals surface area (Å²) < 4.78 is 2.09. The zero-order valence-corrected chi connectivity index (χ0v) is 11.3. The Kier molecular flexibility index (Phi) is 4.98. The quantitative estimate of drug-likeness (QED) is 0.751. The van der Waals surface area contributed by atoms with Gasteiger partial charge in [0.05, 0.1) is 6.33 Å². The second kappa shape index (κ2) is 6.95. The van der Waals surface area contributed by atoms with Gasteiger partial charge in [-0.1, -0.05) is 18.2 Å². The number of phenols is 1. The monoisotopic (exact) mass is 259 g/mol. The second-order valence-corrected chi connectivity index (χ2v) is 4.77. The number of para-hydroxylation sites is 1. The predicted molar refractivity (Wildman–Crippen MR) is 76.0 cm³/mol. The Morgan fingerprint density at radius 2 is 2.21 bits per heavy atom. The van der Waals surface area contributed by atoms with Crippen LogP contribution < -0.4 is 5.32 Å². The minimum atomic E-state index is 0.411. The van der Waals surface area contributed by atoms with Crippen molar-refractivity contribution < 1.29 is 5.11 Å². The van der Waals surface area contributed by atoms with E-state index in [1.807, 2.05) is 37.6 Å². The van der Waals surface area contributed by atoms with E-state index in [4.69, 9.17) is 0 Å². The van der Waals surface area contributed by atoms with Crippen molar-refractivity contribution in [3.05, 3.63) is 48.0 Å². The van der Waals surface area contributed by atoms with Gasteiger partial charge in [-0.3, -0.25) is 0 Å². The molecule has 4 nitrogen and oxygen atoms in total. The van der Waals surface area contributed by atoms with Crippen LogP contribution in [0.1, 0.15) is 24.0 Å². The van der Waals surface area contributed by atoms with Crippen molar-refractivity contribution in [1.29, 1.82) is 0 Å². The topological polar surface area (TPSA) is 50.1 Å². The lowest BCUT2D eigenvalue weighted by molar-refractivity contribution is 0.459. The van der Waals surface area contributed by atoms with Crippen molar-refractivity contribution >= 4 is 0 Å². The van der Waals surface area contributed by atoms with Gasteiger partial charge in [-0.25, -0.2) is 4.98 Å². The molecular weight excluding hydrogens is 238 g/mol. The van der Waals surface area contributed by atoms with Crippen molar-refractivity contribution in [1.82, 2.24) is 14.9 Å². The fourth-order valence-electron chi connectivity index (χ4n) is 2.05. The lowest BCUT2D eigenvalue weighted by Crippen LogP contribution is -2.15. The van der Waals surface area contributed by atoms with Gasteiger partial charge in [0.25, 0.3) is 0 Å². The third-order valence-electron chi connectivity index (χ3n) is 3.22. The number of imidazole rings is 1. The van der Waals surface area contributed by atoms with Gasteiger partial charge >= 0.3 is 0 Å². The molecular formula is C15H21N3O. The Balaban J connectivity index is 1.63. The fourth-order valence-corrected chi connectivity index (χ4v) is 2.05. The molecule has 0 atom stereocenters. The van der Waals surface area contributed by atoms with E-state index in [1.54, 1.807) is 6.20 Å². The minimum Gasteiger partial charge on any atom is -0.507 e.